The minimum atomic E-state index is -4.84. The van der Waals surface area contributed by atoms with E-state index < -0.39 is 64.7 Å². The highest BCUT2D eigenvalue weighted by atomic mass is 19.3. The maximum absolute atomic E-state index is 14.9. The largest absolute Gasteiger partial charge is 0.432 e. The second-order valence-electron chi connectivity index (χ2n) is 11.5. The summed E-state index contributed by atoms with van der Waals surface area (Å²) in [4.78, 5) is 0. The van der Waals surface area contributed by atoms with Crippen LogP contribution in [0.4, 0.5) is 43.9 Å². The van der Waals surface area contributed by atoms with E-state index in [1.165, 1.54) is 38.5 Å². The van der Waals surface area contributed by atoms with Gasteiger partial charge in [-0.2, -0.15) is 26.3 Å². The number of ether oxygens (including phenoxy) is 2. The van der Waals surface area contributed by atoms with Crippen molar-refractivity contribution < 1.29 is 53.4 Å². The zero-order chi connectivity index (χ0) is 31.5. The van der Waals surface area contributed by atoms with E-state index in [0.717, 1.165) is 30.9 Å². The molecule has 0 heterocycles. The van der Waals surface area contributed by atoms with Gasteiger partial charge < -0.3 is 9.47 Å². The number of hydrogen-bond acceptors (Lipinski definition) is 2. The van der Waals surface area contributed by atoms with E-state index in [0.29, 0.717) is 24.7 Å². The third-order valence-electron chi connectivity index (χ3n) is 8.59. The molecule has 2 saturated carbocycles. The second-order valence-corrected chi connectivity index (χ2v) is 11.5. The summed E-state index contributed by atoms with van der Waals surface area (Å²) in [7, 11) is 0. The van der Waals surface area contributed by atoms with Crippen LogP contribution in [0.1, 0.15) is 88.2 Å². The van der Waals surface area contributed by atoms with Gasteiger partial charge in [0.25, 0.3) is 6.08 Å². The van der Waals surface area contributed by atoms with E-state index in [-0.39, 0.29) is 23.6 Å². The summed E-state index contributed by atoms with van der Waals surface area (Å²) in [5.41, 5.74) is -1.58. The third kappa shape index (κ3) is 8.17. The number of alkyl halides is 4. The first-order valence-electron chi connectivity index (χ1n) is 14.3. The highest BCUT2D eigenvalue weighted by Gasteiger charge is 2.42. The fraction of sp³-hybridized carbons (Fsp3) is 0.548. The van der Waals surface area contributed by atoms with Crippen molar-refractivity contribution in [2.24, 2.45) is 17.8 Å². The number of hydrogen-bond donors (Lipinski definition) is 0. The molecule has 2 nitrogen and oxygen atoms in total. The summed E-state index contributed by atoms with van der Waals surface area (Å²) in [5.74, 6) is -8.77. The Labute approximate surface area is 243 Å². The van der Waals surface area contributed by atoms with Crippen molar-refractivity contribution in [3.8, 4) is 11.5 Å². The van der Waals surface area contributed by atoms with Crippen LogP contribution in [0.15, 0.2) is 36.4 Å². The van der Waals surface area contributed by atoms with Crippen molar-refractivity contribution in [3.05, 3.63) is 70.8 Å². The quantitative estimate of drug-likeness (QED) is 0.244. The molecule has 0 amide bonds. The predicted octanol–water partition coefficient (Wildman–Crippen LogP) is 11.0. The molecular weight excluding hydrogens is 594 g/mol. The topological polar surface area (TPSA) is 18.5 Å². The van der Waals surface area contributed by atoms with Gasteiger partial charge in [0.05, 0.1) is 6.08 Å². The van der Waals surface area contributed by atoms with Gasteiger partial charge in [-0.1, -0.05) is 32.6 Å². The Balaban J connectivity index is 1.43. The fourth-order valence-corrected chi connectivity index (χ4v) is 6.57. The Bertz CT molecular complexity index is 1250. The van der Waals surface area contributed by atoms with Crippen molar-refractivity contribution in [2.45, 2.75) is 89.3 Å². The van der Waals surface area contributed by atoms with Crippen molar-refractivity contribution >= 4 is 0 Å². The molecule has 4 rings (SSSR count). The monoisotopic (exact) mass is 626 g/mol. The van der Waals surface area contributed by atoms with Crippen LogP contribution in [0.2, 0.25) is 0 Å². The van der Waals surface area contributed by atoms with Gasteiger partial charge >= 0.3 is 12.2 Å². The van der Waals surface area contributed by atoms with Gasteiger partial charge in [-0.3, -0.25) is 0 Å². The van der Waals surface area contributed by atoms with Gasteiger partial charge in [0.1, 0.15) is 22.9 Å². The minimum Gasteiger partial charge on any atom is -0.429 e. The van der Waals surface area contributed by atoms with E-state index in [9.17, 15) is 43.9 Å². The Kier molecular flexibility index (Phi) is 10.3. The molecular formula is C31H32F10O2. The molecule has 12 heteroatoms. The molecule has 2 fully saturated rings. The summed E-state index contributed by atoms with van der Waals surface area (Å²) in [6.45, 7) is 2.19. The Morgan fingerprint density at radius 3 is 1.74 bits per heavy atom. The zero-order valence-electron chi connectivity index (χ0n) is 23.4. The zero-order valence-corrected chi connectivity index (χ0v) is 23.4. The summed E-state index contributed by atoms with van der Waals surface area (Å²) in [6.07, 6.45) is -3.25. The Morgan fingerprint density at radius 2 is 1.26 bits per heavy atom. The molecule has 0 atom stereocenters. The number of benzene rings is 2. The highest BCUT2D eigenvalue weighted by Crippen LogP contribution is 2.46. The number of rotatable bonds is 10. The average molecular weight is 627 g/mol. The highest BCUT2D eigenvalue weighted by molar-refractivity contribution is 5.37. The lowest BCUT2D eigenvalue weighted by Crippen LogP contribution is -2.27. The van der Waals surface area contributed by atoms with Crippen LogP contribution in [0.5, 0.6) is 11.5 Å². The molecule has 0 spiro atoms. The van der Waals surface area contributed by atoms with Crippen molar-refractivity contribution in [2.75, 3.05) is 0 Å². The van der Waals surface area contributed by atoms with Crippen molar-refractivity contribution in [1.82, 2.24) is 0 Å². The lowest BCUT2D eigenvalue weighted by atomic mass is 9.68. The molecule has 2 aromatic carbocycles. The van der Waals surface area contributed by atoms with Gasteiger partial charge in [0.15, 0.2) is 17.4 Å². The average Bonchev–Trinajstić information content (AvgIpc) is 2.90. The molecule has 0 radical (unpaired) electrons. The Morgan fingerprint density at radius 1 is 0.744 bits per heavy atom. The SMILES string of the molecule is CCCC1CCC(C2CCC(c3cc(F)c(C(F)(F)Oc4cc(F)c(OC(F)(F)C=C(F)F)c(F)c4)c(F)c3)CC2)CC1. The first kappa shape index (κ1) is 33.0. The van der Waals surface area contributed by atoms with Crippen molar-refractivity contribution in [1.29, 1.82) is 0 Å². The molecule has 2 aliphatic rings. The van der Waals surface area contributed by atoms with E-state index in [2.05, 4.69) is 16.4 Å². The molecule has 0 aromatic heterocycles. The first-order chi connectivity index (χ1) is 20.2. The Hall–Kier alpha value is -2.92. The van der Waals surface area contributed by atoms with E-state index in [1.54, 1.807) is 0 Å². The smallest absolute Gasteiger partial charge is 0.429 e. The second kappa shape index (κ2) is 13.4. The lowest BCUT2D eigenvalue weighted by molar-refractivity contribution is -0.189. The molecule has 238 valence electrons. The summed E-state index contributed by atoms with van der Waals surface area (Å²) in [6, 6.07) is 1.57. The molecule has 0 aliphatic heterocycles. The fourth-order valence-electron chi connectivity index (χ4n) is 6.57. The normalized spacial score (nSPS) is 23.1. The van der Waals surface area contributed by atoms with Gasteiger partial charge in [-0.15, -0.1) is 0 Å². The maximum atomic E-state index is 14.9. The number of halogens is 10. The molecule has 2 aliphatic carbocycles. The van der Waals surface area contributed by atoms with Crippen LogP contribution < -0.4 is 9.47 Å². The van der Waals surface area contributed by atoms with Gasteiger partial charge in [-0.05, 0) is 79.9 Å². The van der Waals surface area contributed by atoms with Crippen LogP contribution in [-0.4, -0.2) is 6.11 Å². The summed E-state index contributed by atoms with van der Waals surface area (Å²) >= 11 is 0. The summed E-state index contributed by atoms with van der Waals surface area (Å²) in [5, 5.41) is 0. The molecule has 0 unspecified atom stereocenters. The maximum Gasteiger partial charge on any atom is 0.432 e. The molecule has 0 bridgehead atoms. The van der Waals surface area contributed by atoms with Crippen LogP contribution in [0.25, 0.3) is 0 Å². The molecule has 0 saturated heterocycles. The third-order valence-corrected chi connectivity index (χ3v) is 8.59. The van der Waals surface area contributed by atoms with Crippen LogP contribution in [0, 0.1) is 41.0 Å². The van der Waals surface area contributed by atoms with Crippen LogP contribution >= 0.6 is 0 Å². The van der Waals surface area contributed by atoms with E-state index in [1.807, 2.05) is 0 Å². The standard InChI is InChI=1S/C31H32F10O2/c1-2-3-17-4-6-18(7-5-17)19-8-10-20(11-9-19)21-12-23(32)28(24(33)13-21)31(40,41)42-22-14-25(34)29(26(35)15-22)43-30(38,39)16-27(36)37/h12-20H,2-11H2,1H3. The van der Waals surface area contributed by atoms with E-state index in [4.69, 9.17) is 0 Å². The van der Waals surface area contributed by atoms with Crippen LogP contribution in [0.3, 0.4) is 0 Å². The van der Waals surface area contributed by atoms with Gasteiger partial charge in [0.2, 0.25) is 0 Å². The molecule has 2 aromatic rings. The van der Waals surface area contributed by atoms with Gasteiger partial charge in [-0.25, -0.2) is 17.6 Å². The summed E-state index contributed by atoms with van der Waals surface area (Å²) < 4.78 is 147. The molecule has 0 N–H and O–H groups in total. The van der Waals surface area contributed by atoms with E-state index >= 15 is 0 Å². The predicted molar refractivity (Wildman–Crippen MR) is 138 cm³/mol. The molecule has 43 heavy (non-hydrogen) atoms. The van der Waals surface area contributed by atoms with Gasteiger partial charge in [0, 0.05) is 12.1 Å². The van der Waals surface area contributed by atoms with Crippen molar-refractivity contribution in [3.63, 3.8) is 0 Å². The first-order valence-corrected chi connectivity index (χ1v) is 14.3. The minimum absolute atomic E-state index is 0.0170. The lowest BCUT2D eigenvalue weighted by Gasteiger charge is -2.38. The van der Waals surface area contributed by atoms with Crippen LogP contribution in [-0.2, 0) is 6.11 Å².